The SMILES string of the molecule is CC(NC(=O)c1ccccc1)C(=O)[O-].CCCC[N+](CCCC)(CCCC)CCCC. The molecule has 178 valence electrons. The van der Waals surface area contributed by atoms with E-state index in [2.05, 4.69) is 33.0 Å². The third-order valence-corrected chi connectivity index (χ3v) is 5.68. The number of benzene rings is 1. The van der Waals surface area contributed by atoms with Crippen molar-refractivity contribution in [1.29, 1.82) is 0 Å². The van der Waals surface area contributed by atoms with Gasteiger partial charge in [-0.1, -0.05) is 71.6 Å². The standard InChI is InChI=1S/C16H36N.C10H11NO3/c1-5-9-13-17(14-10-6-2,15-11-7-3)16-12-8-4;1-7(10(13)14)11-9(12)8-5-3-2-4-6-8/h5-16H2,1-4H3;2-7H,1H3,(H,11,12)(H,13,14)/q+1;/p-1. The summed E-state index contributed by atoms with van der Waals surface area (Å²) in [6.45, 7) is 16.4. The molecule has 1 aromatic rings. The summed E-state index contributed by atoms with van der Waals surface area (Å²) in [7, 11) is 0. The molecule has 1 amide bonds. The van der Waals surface area contributed by atoms with Crippen molar-refractivity contribution in [2.75, 3.05) is 26.2 Å². The van der Waals surface area contributed by atoms with Crippen LogP contribution in [0.2, 0.25) is 0 Å². The van der Waals surface area contributed by atoms with Crippen molar-refractivity contribution in [3.05, 3.63) is 35.9 Å². The van der Waals surface area contributed by atoms with Crippen molar-refractivity contribution in [1.82, 2.24) is 5.32 Å². The van der Waals surface area contributed by atoms with E-state index >= 15 is 0 Å². The van der Waals surface area contributed by atoms with E-state index in [4.69, 9.17) is 0 Å². The first kappa shape index (κ1) is 29.1. The number of carboxylic acids is 1. The molecule has 5 heteroatoms. The first-order valence-electron chi connectivity index (χ1n) is 12.3. The average Bonchev–Trinajstić information content (AvgIpc) is 2.79. The third-order valence-electron chi connectivity index (χ3n) is 5.68. The molecule has 0 saturated heterocycles. The van der Waals surface area contributed by atoms with Crippen LogP contribution in [0.25, 0.3) is 0 Å². The summed E-state index contributed by atoms with van der Waals surface area (Å²) >= 11 is 0. The predicted octanol–water partition coefficient (Wildman–Crippen LogP) is 4.56. The number of nitrogens with one attached hydrogen (secondary N) is 1. The third kappa shape index (κ3) is 13.2. The number of carbonyl (C=O) groups excluding carboxylic acids is 2. The molecule has 1 atom stereocenters. The highest BCUT2D eigenvalue weighted by Crippen LogP contribution is 2.16. The van der Waals surface area contributed by atoms with E-state index in [0.717, 1.165) is 0 Å². The zero-order valence-corrected chi connectivity index (χ0v) is 20.6. The Bertz CT molecular complexity index is 552. The number of hydrogen-bond acceptors (Lipinski definition) is 3. The lowest BCUT2D eigenvalue weighted by atomic mass is 10.1. The summed E-state index contributed by atoms with van der Waals surface area (Å²) in [6, 6.07) is 7.42. The maximum Gasteiger partial charge on any atom is 0.251 e. The minimum Gasteiger partial charge on any atom is -0.548 e. The van der Waals surface area contributed by atoms with Gasteiger partial charge in [-0.3, -0.25) is 4.79 Å². The molecule has 0 radical (unpaired) electrons. The first-order chi connectivity index (χ1) is 14.9. The van der Waals surface area contributed by atoms with E-state index in [-0.39, 0.29) is 0 Å². The molecule has 0 aliphatic rings. The van der Waals surface area contributed by atoms with Gasteiger partial charge in [0.25, 0.3) is 5.91 Å². The number of rotatable bonds is 15. The topological polar surface area (TPSA) is 69.2 Å². The van der Waals surface area contributed by atoms with Crippen LogP contribution in [0.15, 0.2) is 30.3 Å². The maximum absolute atomic E-state index is 11.4. The Kier molecular flexibility index (Phi) is 16.7. The van der Waals surface area contributed by atoms with Crippen LogP contribution >= 0.6 is 0 Å². The zero-order chi connectivity index (χ0) is 23.5. The molecule has 1 rings (SSSR count). The van der Waals surface area contributed by atoms with Crippen LogP contribution in [0.4, 0.5) is 0 Å². The van der Waals surface area contributed by atoms with Gasteiger partial charge in [0.2, 0.25) is 0 Å². The van der Waals surface area contributed by atoms with Gasteiger partial charge in [-0.2, -0.15) is 0 Å². The average molecular weight is 435 g/mol. The van der Waals surface area contributed by atoms with E-state index in [1.807, 2.05) is 0 Å². The van der Waals surface area contributed by atoms with Crippen LogP contribution in [0, 0.1) is 0 Å². The van der Waals surface area contributed by atoms with Crippen LogP contribution in [-0.4, -0.2) is 48.6 Å². The Labute approximate surface area is 190 Å². The molecular weight excluding hydrogens is 388 g/mol. The van der Waals surface area contributed by atoms with Gasteiger partial charge >= 0.3 is 0 Å². The lowest BCUT2D eigenvalue weighted by molar-refractivity contribution is -0.929. The van der Waals surface area contributed by atoms with Gasteiger partial charge in [-0.05, 0) is 44.7 Å². The molecule has 0 aromatic heterocycles. The number of nitrogens with zero attached hydrogens (tertiary/aromatic N) is 1. The molecule has 0 heterocycles. The summed E-state index contributed by atoms with van der Waals surface area (Å²) in [5, 5.41) is 12.6. The van der Waals surface area contributed by atoms with Gasteiger partial charge < -0.3 is 19.7 Å². The Morgan fingerprint density at radius 3 is 1.52 bits per heavy atom. The van der Waals surface area contributed by atoms with Crippen molar-refractivity contribution in [2.24, 2.45) is 0 Å². The Balaban J connectivity index is 0.000000590. The Morgan fingerprint density at radius 1 is 0.806 bits per heavy atom. The fourth-order valence-electron chi connectivity index (χ4n) is 3.57. The van der Waals surface area contributed by atoms with Crippen LogP contribution in [0.5, 0.6) is 0 Å². The number of carboxylic acid groups (broad SMARTS) is 1. The minimum absolute atomic E-state index is 0.415. The van der Waals surface area contributed by atoms with Crippen LogP contribution < -0.4 is 10.4 Å². The maximum atomic E-state index is 11.4. The Hall–Kier alpha value is -1.88. The van der Waals surface area contributed by atoms with Crippen molar-refractivity contribution in [2.45, 2.75) is 92.0 Å². The quantitative estimate of drug-likeness (QED) is 0.412. The van der Waals surface area contributed by atoms with Gasteiger partial charge in [0.1, 0.15) is 0 Å². The summed E-state index contributed by atoms with van der Waals surface area (Å²) in [6.07, 6.45) is 11.1. The summed E-state index contributed by atoms with van der Waals surface area (Å²) in [5.74, 6) is -1.71. The van der Waals surface area contributed by atoms with Gasteiger partial charge in [0.05, 0.1) is 38.2 Å². The van der Waals surface area contributed by atoms with Crippen LogP contribution in [0.1, 0.15) is 96.3 Å². The molecule has 0 bridgehead atoms. The highest BCUT2D eigenvalue weighted by Gasteiger charge is 2.24. The molecule has 1 unspecified atom stereocenters. The number of carbonyl (C=O) groups is 2. The fourth-order valence-corrected chi connectivity index (χ4v) is 3.57. The number of unbranched alkanes of at least 4 members (excludes halogenated alkanes) is 4. The molecule has 1 N–H and O–H groups in total. The van der Waals surface area contributed by atoms with Crippen molar-refractivity contribution < 1.29 is 19.2 Å². The van der Waals surface area contributed by atoms with Gasteiger partial charge in [-0.25, -0.2) is 0 Å². The molecule has 0 aliphatic carbocycles. The number of aliphatic carboxylic acids is 1. The molecule has 31 heavy (non-hydrogen) atoms. The number of amides is 1. The Morgan fingerprint density at radius 2 is 1.19 bits per heavy atom. The number of hydrogen-bond donors (Lipinski definition) is 1. The highest BCUT2D eigenvalue weighted by atomic mass is 16.4. The minimum atomic E-state index is -1.30. The van der Waals surface area contributed by atoms with E-state index in [1.165, 1.54) is 89.0 Å². The predicted molar refractivity (Wildman–Crippen MR) is 128 cm³/mol. The fraction of sp³-hybridized carbons (Fsp3) is 0.692. The van der Waals surface area contributed by atoms with Gasteiger partial charge in [-0.15, -0.1) is 0 Å². The lowest BCUT2D eigenvalue weighted by Gasteiger charge is -2.39. The molecule has 0 spiro atoms. The molecule has 0 fully saturated rings. The van der Waals surface area contributed by atoms with Crippen LogP contribution in [-0.2, 0) is 4.79 Å². The van der Waals surface area contributed by atoms with E-state index < -0.39 is 17.9 Å². The van der Waals surface area contributed by atoms with Gasteiger partial charge in [0.15, 0.2) is 0 Å². The first-order valence-corrected chi connectivity index (χ1v) is 12.3. The smallest absolute Gasteiger partial charge is 0.251 e. The zero-order valence-electron chi connectivity index (χ0n) is 20.6. The molecule has 0 saturated carbocycles. The summed E-state index contributed by atoms with van der Waals surface area (Å²) in [5.41, 5.74) is 0.431. The highest BCUT2D eigenvalue weighted by molar-refractivity contribution is 5.96. The molecule has 5 nitrogen and oxygen atoms in total. The van der Waals surface area contributed by atoms with E-state index in [1.54, 1.807) is 30.3 Å². The molecular formula is C26H46N2O3. The van der Waals surface area contributed by atoms with E-state index in [0.29, 0.717) is 5.56 Å². The van der Waals surface area contributed by atoms with Gasteiger partial charge in [0, 0.05) is 5.56 Å². The van der Waals surface area contributed by atoms with Crippen LogP contribution in [0.3, 0.4) is 0 Å². The van der Waals surface area contributed by atoms with Crippen molar-refractivity contribution >= 4 is 11.9 Å². The van der Waals surface area contributed by atoms with Crippen molar-refractivity contribution in [3.8, 4) is 0 Å². The monoisotopic (exact) mass is 434 g/mol. The molecule has 0 aliphatic heterocycles. The summed E-state index contributed by atoms with van der Waals surface area (Å²) in [4.78, 5) is 21.7. The second kappa shape index (κ2) is 17.8. The second-order valence-corrected chi connectivity index (χ2v) is 8.53. The molecule has 1 aromatic carbocycles. The summed E-state index contributed by atoms with van der Waals surface area (Å²) < 4.78 is 1.42. The largest absolute Gasteiger partial charge is 0.548 e. The second-order valence-electron chi connectivity index (χ2n) is 8.53. The lowest BCUT2D eigenvalue weighted by Crippen LogP contribution is -2.50. The van der Waals surface area contributed by atoms with Crippen molar-refractivity contribution in [3.63, 3.8) is 0 Å². The number of quaternary nitrogens is 1. The normalized spacial score (nSPS) is 11.9. The van der Waals surface area contributed by atoms with E-state index in [9.17, 15) is 14.7 Å².